The van der Waals surface area contributed by atoms with Crippen LogP contribution < -0.4 is 4.57 Å². The largest absolute Gasteiger partial charge is 0.286 e. The van der Waals surface area contributed by atoms with Crippen molar-refractivity contribution < 1.29 is 4.57 Å². The average Bonchev–Trinajstić information content (AvgIpc) is 2.56. The number of aryl methyl sites for hydroxylation is 4. The molecule has 0 saturated carbocycles. The minimum absolute atomic E-state index is 1.25. The average molecular weight is 297 g/mol. The fourth-order valence-corrected chi connectivity index (χ4v) is 2.80. The van der Waals surface area contributed by atoms with E-state index in [0.717, 1.165) is 0 Å². The van der Waals surface area contributed by atoms with Gasteiger partial charge in [0.2, 0.25) is 0 Å². The van der Waals surface area contributed by atoms with E-state index in [1.807, 2.05) is 40.2 Å². The zero-order chi connectivity index (χ0) is 16.9. The number of aromatic nitrogens is 2. The van der Waals surface area contributed by atoms with Crippen molar-refractivity contribution in [2.45, 2.75) is 48.5 Å². The lowest BCUT2D eigenvalue weighted by atomic mass is 9.94. The molecule has 118 valence electrons. The Balaban J connectivity index is 0.000000561. The normalized spacial score (nSPS) is 9.82. The Hall–Kier alpha value is -1.96. The van der Waals surface area contributed by atoms with Gasteiger partial charge >= 0.3 is 0 Å². The standard InChI is InChI=1S/C16H17N2.2C2H6/c1-10-6-5-7-13-11(2)12(3)14-8-17-9-18(4)16(14)15(10)13;2*1-2/h5-9H,1-4H3;2*1-2H3/q+1;;. The van der Waals surface area contributed by atoms with Gasteiger partial charge in [0.05, 0.1) is 12.4 Å². The monoisotopic (exact) mass is 297 g/mol. The molecule has 0 N–H and O–H groups in total. The summed E-state index contributed by atoms with van der Waals surface area (Å²) in [7, 11) is 2.07. The number of nitrogens with zero attached hydrogens (tertiary/aromatic N) is 2. The molecule has 0 saturated heterocycles. The van der Waals surface area contributed by atoms with Gasteiger partial charge in [-0.1, -0.05) is 50.9 Å². The van der Waals surface area contributed by atoms with E-state index in [4.69, 9.17) is 0 Å². The molecule has 1 heterocycles. The molecule has 22 heavy (non-hydrogen) atoms. The zero-order valence-corrected chi connectivity index (χ0v) is 15.3. The van der Waals surface area contributed by atoms with Crippen LogP contribution >= 0.6 is 0 Å². The van der Waals surface area contributed by atoms with Gasteiger partial charge in [0, 0.05) is 5.39 Å². The van der Waals surface area contributed by atoms with Gasteiger partial charge < -0.3 is 0 Å². The van der Waals surface area contributed by atoms with Crippen LogP contribution in [0.3, 0.4) is 0 Å². The second-order valence-corrected chi connectivity index (χ2v) is 5.01. The van der Waals surface area contributed by atoms with Crippen molar-refractivity contribution in [3.8, 4) is 0 Å². The molecule has 2 nitrogen and oxygen atoms in total. The van der Waals surface area contributed by atoms with E-state index in [1.165, 1.54) is 38.4 Å². The summed E-state index contributed by atoms with van der Waals surface area (Å²) in [4.78, 5) is 4.31. The number of hydrogen-bond acceptors (Lipinski definition) is 1. The first kappa shape index (κ1) is 18.1. The summed E-state index contributed by atoms with van der Waals surface area (Å²) < 4.78 is 2.12. The first-order chi connectivity index (χ1) is 10.6. The van der Waals surface area contributed by atoms with E-state index in [2.05, 4.69) is 55.6 Å². The van der Waals surface area contributed by atoms with Crippen LogP contribution in [0.2, 0.25) is 0 Å². The highest BCUT2D eigenvalue weighted by atomic mass is 15.0. The number of benzene rings is 2. The van der Waals surface area contributed by atoms with Gasteiger partial charge in [0.1, 0.15) is 5.52 Å². The number of hydrogen-bond donors (Lipinski definition) is 0. The molecule has 0 fully saturated rings. The topological polar surface area (TPSA) is 16.8 Å². The zero-order valence-electron chi connectivity index (χ0n) is 15.3. The van der Waals surface area contributed by atoms with Gasteiger partial charge in [-0.2, -0.15) is 0 Å². The van der Waals surface area contributed by atoms with Gasteiger partial charge in [-0.3, -0.25) is 0 Å². The molecule has 2 heteroatoms. The molecule has 0 amide bonds. The van der Waals surface area contributed by atoms with Crippen LogP contribution in [0.4, 0.5) is 0 Å². The lowest BCUT2D eigenvalue weighted by molar-refractivity contribution is -0.647. The van der Waals surface area contributed by atoms with Crippen molar-refractivity contribution in [1.29, 1.82) is 0 Å². The second-order valence-electron chi connectivity index (χ2n) is 5.01. The van der Waals surface area contributed by atoms with Crippen molar-refractivity contribution >= 4 is 21.7 Å². The molecule has 3 aromatic rings. The molecule has 0 spiro atoms. The van der Waals surface area contributed by atoms with E-state index in [1.54, 1.807) is 0 Å². The fourth-order valence-electron chi connectivity index (χ4n) is 2.80. The van der Waals surface area contributed by atoms with Gasteiger partial charge in [-0.25, -0.2) is 4.57 Å². The lowest BCUT2D eigenvalue weighted by Crippen LogP contribution is -2.29. The van der Waals surface area contributed by atoms with Crippen LogP contribution in [-0.4, -0.2) is 4.98 Å². The van der Waals surface area contributed by atoms with E-state index in [0.29, 0.717) is 0 Å². The van der Waals surface area contributed by atoms with Gasteiger partial charge in [-0.05, 0) is 42.8 Å². The summed E-state index contributed by atoms with van der Waals surface area (Å²) in [5.41, 5.74) is 5.28. The molecule has 0 bridgehead atoms. The number of fused-ring (bicyclic) bond motifs is 3. The Labute approximate surface area is 134 Å². The van der Waals surface area contributed by atoms with Crippen LogP contribution in [0.1, 0.15) is 44.4 Å². The molecular weight excluding hydrogens is 268 g/mol. The summed E-state index contributed by atoms with van der Waals surface area (Å²) in [6, 6.07) is 6.53. The highest BCUT2D eigenvalue weighted by Gasteiger charge is 2.15. The second kappa shape index (κ2) is 7.88. The minimum Gasteiger partial charge on any atom is -0.232 e. The molecule has 0 aliphatic carbocycles. The van der Waals surface area contributed by atoms with Crippen molar-refractivity contribution in [2.75, 3.05) is 0 Å². The summed E-state index contributed by atoms with van der Waals surface area (Å²) in [5, 5.41) is 3.95. The maximum atomic E-state index is 4.31. The smallest absolute Gasteiger partial charge is 0.232 e. The molecule has 0 aliphatic heterocycles. The Kier molecular flexibility index (Phi) is 6.48. The third-order valence-electron chi connectivity index (χ3n) is 3.93. The van der Waals surface area contributed by atoms with Gasteiger partial charge in [0.15, 0.2) is 6.20 Å². The van der Waals surface area contributed by atoms with Crippen LogP contribution in [0, 0.1) is 20.8 Å². The van der Waals surface area contributed by atoms with Gasteiger partial charge in [0.25, 0.3) is 6.33 Å². The summed E-state index contributed by atoms with van der Waals surface area (Å²) in [5.74, 6) is 0. The van der Waals surface area contributed by atoms with Crippen molar-refractivity contribution in [3.63, 3.8) is 0 Å². The lowest BCUT2D eigenvalue weighted by Gasteiger charge is -2.12. The minimum atomic E-state index is 1.25. The molecule has 2 aromatic carbocycles. The maximum Gasteiger partial charge on any atom is 0.286 e. The first-order valence-corrected chi connectivity index (χ1v) is 8.23. The Morgan fingerprint density at radius 3 is 2.09 bits per heavy atom. The third-order valence-corrected chi connectivity index (χ3v) is 3.93. The SMILES string of the molecule is CC.CC.Cc1c(C)c2cnc[n+](C)c2c2c(C)cccc12. The Morgan fingerprint density at radius 2 is 1.45 bits per heavy atom. The van der Waals surface area contributed by atoms with Crippen molar-refractivity contribution in [1.82, 2.24) is 4.98 Å². The Morgan fingerprint density at radius 1 is 0.864 bits per heavy atom. The van der Waals surface area contributed by atoms with E-state index >= 15 is 0 Å². The highest BCUT2D eigenvalue weighted by molar-refractivity contribution is 6.08. The maximum absolute atomic E-state index is 4.31. The van der Waals surface area contributed by atoms with Crippen LogP contribution in [0.5, 0.6) is 0 Å². The molecular formula is C20H29N2+. The first-order valence-electron chi connectivity index (χ1n) is 8.23. The predicted octanol–water partition coefficient (Wildman–Crippen LogP) is 5.19. The van der Waals surface area contributed by atoms with Crippen molar-refractivity contribution in [2.24, 2.45) is 7.05 Å². The van der Waals surface area contributed by atoms with E-state index in [-0.39, 0.29) is 0 Å². The molecule has 0 atom stereocenters. The fraction of sp³-hybridized carbons (Fsp3) is 0.400. The Bertz CT molecular complexity index is 707. The van der Waals surface area contributed by atoms with Crippen LogP contribution in [0.15, 0.2) is 30.7 Å². The number of rotatable bonds is 0. The van der Waals surface area contributed by atoms with E-state index < -0.39 is 0 Å². The van der Waals surface area contributed by atoms with Gasteiger partial charge in [-0.15, -0.1) is 0 Å². The predicted molar refractivity (Wildman–Crippen MR) is 97.3 cm³/mol. The van der Waals surface area contributed by atoms with Crippen LogP contribution in [-0.2, 0) is 7.05 Å². The molecule has 0 unspecified atom stereocenters. The summed E-state index contributed by atoms with van der Waals surface area (Å²) >= 11 is 0. The summed E-state index contributed by atoms with van der Waals surface area (Å²) in [6.07, 6.45) is 3.85. The highest BCUT2D eigenvalue weighted by Crippen LogP contribution is 2.31. The molecule has 3 rings (SSSR count). The van der Waals surface area contributed by atoms with E-state index in [9.17, 15) is 0 Å². The third kappa shape index (κ3) is 2.96. The van der Waals surface area contributed by atoms with Crippen molar-refractivity contribution in [3.05, 3.63) is 47.4 Å². The van der Waals surface area contributed by atoms with Crippen LogP contribution in [0.25, 0.3) is 21.7 Å². The molecule has 0 radical (unpaired) electrons. The summed E-state index contributed by atoms with van der Waals surface area (Å²) in [6.45, 7) is 14.6. The quantitative estimate of drug-likeness (QED) is 0.412. The molecule has 1 aromatic heterocycles. The molecule has 0 aliphatic rings.